The molecule has 0 saturated carbocycles. The van der Waals surface area contributed by atoms with Gasteiger partial charge in [-0.25, -0.2) is 0 Å². The van der Waals surface area contributed by atoms with Gasteiger partial charge in [0.1, 0.15) is 5.56 Å². The number of aromatic nitrogens is 1. The average Bonchev–Trinajstić information content (AvgIpc) is 2.84. The van der Waals surface area contributed by atoms with Crippen LogP contribution in [0.5, 0.6) is 0 Å². The van der Waals surface area contributed by atoms with E-state index < -0.39 is 0 Å². The van der Waals surface area contributed by atoms with E-state index in [1.165, 1.54) is 0 Å². The molecule has 0 aliphatic carbocycles. The number of carbonyl (C=O) groups excluding carboxylic acids is 1. The van der Waals surface area contributed by atoms with E-state index >= 15 is 0 Å². The van der Waals surface area contributed by atoms with Gasteiger partial charge in [-0.15, -0.1) is 16.3 Å². The van der Waals surface area contributed by atoms with Crippen molar-refractivity contribution in [3.05, 3.63) is 108 Å². The van der Waals surface area contributed by atoms with Crippen LogP contribution in [0.1, 0.15) is 22.8 Å². The summed E-state index contributed by atoms with van der Waals surface area (Å²) < 4.78 is 2.24. The van der Waals surface area contributed by atoms with Crippen LogP contribution in [0.15, 0.2) is 107 Å². The molecule has 1 heterocycles. The lowest BCUT2D eigenvalue weighted by Gasteiger charge is -2.15. The lowest BCUT2D eigenvalue weighted by Crippen LogP contribution is -2.38. The number of rotatable bonds is 7. The normalized spacial score (nSPS) is 10.8. The molecule has 4 rings (SSSR count). The molecule has 4 heteroatoms. The second-order valence-electron chi connectivity index (χ2n) is 6.94. The predicted octanol–water partition coefficient (Wildman–Crippen LogP) is 6.70. The van der Waals surface area contributed by atoms with E-state index in [0.29, 0.717) is 5.56 Å². The summed E-state index contributed by atoms with van der Waals surface area (Å²) in [6.07, 6.45) is 2.04. The van der Waals surface area contributed by atoms with Gasteiger partial charge in [0.25, 0.3) is 5.03 Å². The number of hydrogen-bond acceptors (Lipinski definition) is 3. The monoisotopic (exact) mass is 442 g/mol. The summed E-state index contributed by atoms with van der Waals surface area (Å²) in [7, 11) is 0. The molecule has 0 spiro atoms. The first-order chi connectivity index (χ1) is 15.2. The molecular formula is C27H24NOS2+. The molecule has 2 nitrogen and oxygen atoms in total. The van der Waals surface area contributed by atoms with Crippen molar-refractivity contribution < 1.29 is 9.36 Å². The third kappa shape index (κ3) is 4.46. The fourth-order valence-electron chi connectivity index (χ4n) is 3.62. The van der Waals surface area contributed by atoms with Crippen molar-refractivity contribution in [1.29, 1.82) is 0 Å². The Balaban J connectivity index is 2.08. The zero-order valence-corrected chi connectivity index (χ0v) is 19.2. The molecule has 154 valence electrons. The highest BCUT2D eigenvalue weighted by Crippen LogP contribution is 2.34. The van der Waals surface area contributed by atoms with Crippen LogP contribution < -0.4 is 4.57 Å². The Hall–Kier alpha value is -2.82. The van der Waals surface area contributed by atoms with E-state index in [2.05, 4.69) is 54.0 Å². The van der Waals surface area contributed by atoms with E-state index in [0.717, 1.165) is 38.2 Å². The van der Waals surface area contributed by atoms with Crippen molar-refractivity contribution in [2.75, 3.05) is 12.0 Å². The summed E-state index contributed by atoms with van der Waals surface area (Å²) in [5.41, 5.74) is 4.74. The minimum absolute atomic E-state index is 0.0604. The van der Waals surface area contributed by atoms with Gasteiger partial charge in [0.05, 0.1) is 0 Å². The summed E-state index contributed by atoms with van der Waals surface area (Å²) in [4.78, 5) is 14.7. The lowest BCUT2D eigenvalue weighted by molar-refractivity contribution is -0.625. The number of ketones is 1. The number of thioether (sulfide) groups is 2. The largest absolute Gasteiger partial charge is 0.288 e. The van der Waals surface area contributed by atoms with Gasteiger partial charge in [-0.2, -0.15) is 0 Å². The van der Waals surface area contributed by atoms with Crippen molar-refractivity contribution >= 4 is 29.3 Å². The SMILES string of the molecule is CCSc1c(C(=O)c2ccccc2)c(SC)cc(-c2ccccc2)[n+]1-c1ccccc1. The van der Waals surface area contributed by atoms with Crippen molar-refractivity contribution in [2.24, 2.45) is 0 Å². The Morgan fingerprint density at radius 2 is 1.42 bits per heavy atom. The first kappa shape index (κ1) is 21.4. The zero-order chi connectivity index (χ0) is 21.6. The number of hydrogen-bond donors (Lipinski definition) is 0. The molecule has 31 heavy (non-hydrogen) atoms. The van der Waals surface area contributed by atoms with Crippen molar-refractivity contribution in [1.82, 2.24) is 0 Å². The van der Waals surface area contributed by atoms with Crippen molar-refractivity contribution in [2.45, 2.75) is 16.8 Å². The number of pyridine rings is 1. The second kappa shape index (κ2) is 9.99. The van der Waals surface area contributed by atoms with Gasteiger partial charge in [0.2, 0.25) is 17.2 Å². The Labute approximate surface area is 192 Å². The highest BCUT2D eigenvalue weighted by molar-refractivity contribution is 7.99. The number of nitrogens with zero attached hydrogens (tertiary/aromatic N) is 1. The first-order valence-electron chi connectivity index (χ1n) is 10.2. The third-order valence-corrected chi connectivity index (χ3v) is 6.73. The maximum atomic E-state index is 13.7. The maximum absolute atomic E-state index is 13.7. The molecule has 3 aromatic carbocycles. The van der Waals surface area contributed by atoms with E-state index in [1.54, 1.807) is 23.5 Å². The van der Waals surface area contributed by atoms with Gasteiger partial charge < -0.3 is 0 Å². The molecule has 0 fully saturated rings. The molecule has 0 amide bonds. The van der Waals surface area contributed by atoms with Gasteiger partial charge in [0, 0.05) is 40.0 Å². The molecule has 0 radical (unpaired) electrons. The summed E-state index contributed by atoms with van der Waals surface area (Å²) in [6.45, 7) is 2.13. The molecule has 0 atom stereocenters. The molecule has 4 aromatic rings. The van der Waals surface area contributed by atoms with Crippen LogP contribution in [0.4, 0.5) is 0 Å². The van der Waals surface area contributed by atoms with Crippen LogP contribution in [0.25, 0.3) is 16.9 Å². The van der Waals surface area contributed by atoms with E-state index in [-0.39, 0.29) is 5.78 Å². The Kier molecular flexibility index (Phi) is 6.90. The molecule has 0 unspecified atom stereocenters. The first-order valence-corrected chi connectivity index (χ1v) is 12.5. The van der Waals surface area contributed by atoms with Gasteiger partial charge in [-0.1, -0.05) is 85.4 Å². The lowest BCUT2D eigenvalue weighted by atomic mass is 10.0. The Morgan fingerprint density at radius 1 is 0.839 bits per heavy atom. The van der Waals surface area contributed by atoms with Crippen molar-refractivity contribution in [3.63, 3.8) is 0 Å². The van der Waals surface area contributed by atoms with Crippen LogP contribution in [0.2, 0.25) is 0 Å². The Morgan fingerprint density at radius 3 is 2.00 bits per heavy atom. The van der Waals surface area contributed by atoms with Gasteiger partial charge in [-0.05, 0) is 18.4 Å². The van der Waals surface area contributed by atoms with E-state index in [9.17, 15) is 4.79 Å². The molecule has 1 aromatic heterocycles. The van der Waals surface area contributed by atoms with Crippen LogP contribution in [-0.4, -0.2) is 17.8 Å². The quantitative estimate of drug-likeness (QED) is 0.181. The molecule has 0 bridgehead atoms. The van der Waals surface area contributed by atoms with E-state index in [1.807, 2.05) is 60.9 Å². The summed E-state index contributed by atoms with van der Waals surface area (Å²) in [5.74, 6) is 0.929. The molecule has 0 saturated heterocycles. The number of benzene rings is 3. The predicted molar refractivity (Wildman–Crippen MR) is 131 cm³/mol. The van der Waals surface area contributed by atoms with Gasteiger partial charge in [0.15, 0.2) is 0 Å². The molecule has 0 aliphatic rings. The minimum Gasteiger partial charge on any atom is -0.288 e. The smallest absolute Gasteiger partial charge is 0.258 e. The van der Waals surface area contributed by atoms with Gasteiger partial charge in [-0.3, -0.25) is 4.79 Å². The summed E-state index contributed by atoms with van der Waals surface area (Å²) >= 11 is 3.34. The molecule has 0 N–H and O–H groups in total. The fraction of sp³-hybridized carbons (Fsp3) is 0.111. The van der Waals surface area contributed by atoms with Crippen LogP contribution in [0, 0.1) is 0 Å². The van der Waals surface area contributed by atoms with Crippen LogP contribution in [-0.2, 0) is 0 Å². The molecule has 0 aliphatic heterocycles. The van der Waals surface area contributed by atoms with E-state index in [4.69, 9.17) is 0 Å². The highest BCUT2D eigenvalue weighted by atomic mass is 32.2. The Bertz CT molecular complexity index is 1180. The second-order valence-corrected chi connectivity index (χ2v) is 9.04. The number of carbonyl (C=O) groups is 1. The topological polar surface area (TPSA) is 20.9 Å². The highest BCUT2D eigenvalue weighted by Gasteiger charge is 2.31. The summed E-state index contributed by atoms with van der Waals surface area (Å²) in [5, 5.41) is 0.980. The minimum atomic E-state index is 0.0604. The van der Waals surface area contributed by atoms with Crippen LogP contribution >= 0.6 is 23.5 Å². The molecular weight excluding hydrogens is 418 g/mol. The maximum Gasteiger partial charge on any atom is 0.258 e. The fourth-order valence-corrected chi connectivity index (χ4v) is 5.26. The van der Waals surface area contributed by atoms with Crippen LogP contribution in [0.3, 0.4) is 0 Å². The average molecular weight is 443 g/mol. The third-order valence-electron chi connectivity index (χ3n) is 5.02. The van der Waals surface area contributed by atoms with Gasteiger partial charge >= 0.3 is 0 Å². The number of para-hydroxylation sites is 1. The van der Waals surface area contributed by atoms with Crippen molar-refractivity contribution in [3.8, 4) is 16.9 Å². The summed E-state index contributed by atoms with van der Waals surface area (Å²) in [6, 6.07) is 32.4. The standard InChI is InChI=1S/C27H24NOS2/c1-3-31-27-25(26(29)21-15-9-5-10-16-21)24(30-2)19-23(20-13-7-4-8-14-20)28(27)22-17-11-6-12-18-22/h4-19H,3H2,1-2H3/q+1. The zero-order valence-electron chi connectivity index (χ0n) is 17.6.